The summed E-state index contributed by atoms with van der Waals surface area (Å²) >= 11 is 3.31. The summed E-state index contributed by atoms with van der Waals surface area (Å²) in [6, 6.07) is 7.37. The minimum Gasteiger partial charge on any atom is -0.452 e. The topological polar surface area (TPSA) is 46.6 Å². The minimum absolute atomic E-state index is 0.113. The van der Waals surface area contributed by atoms with Crippen LogP contribution in [0.25, 0.3) is 0 Å². The van der Waals surface area contributed by atoms with Crippen LogP contribution in [-0.4, -0.2) is 35.5 Å². The van der Waals surface area contributed by atoms with Crippen LogP contribution < -0.4 is 0 Å². The molecule has 1 fully saturated rings. The molecule has 0 saturated carbocycles. The van der Waals surface area contributed by atoms with Crippen molar-refractivity contribution in [2.24, 2.45) is 0 Å². The number of amides is 1. The maximum Gasteiger partial charge on any atom is 0.338 e. The van der Waals surface area contributed by atoms with Crippen molar-refractivity contribution in [2.75, 3.05) is 6.61 Å². The third-order valence-corrected chi connectivity index (χ3v) is 4.36. The molecule has 0 bridgehead atoms. The smallest absolute Gasteiger partial charge is 0.338 e. The summed E-state index contributed by atoms with van der Waals surface area (Å²) in [6.07, 6.45) is 3.16. The van der Waals surface area contributed by atoms with Crippen LogP contribution in [0.3, 0.4) is 0 Å². The van der Waals surface area contributed by atoms with Crippen molar-refractivity contribution in [1.82, 2.24) is 4.90 Å². The summed E-state index contributed by atoms with van der Waals surface area (Å²) in [5.41, 5.74) is 0.442. The van der Waals surface area contributed by atoms with E-state index in [1.807, 2.05) is 24.8 Å². The number of ether oxygens (including phenoxy) is 1. The van der Waals surface area contributed by atoms with E-state index < -0.39 is 5.97 Å². The van der Waals surface area contributed by atoms with Crippen LogP contribution in [0.15, 0.2) is 28.7 Å². The predicted molar refractivity (Wildman–Crippen MR) is 84.0 cm³/mol. The van der Waals surface area contributed by atoms with E-state index in [-0.39, 0.29) is 24.6 Å². The minimum atomic E-state index is -0.470. The second kappa shape index (κ2) is 7.07. The molecule has 0 N–H and O–H groups in total. The van der Waals surface area contributed by atoms with Crippen molar-refractivity contribution in [2.45, 2.75) is 45.2 Å². The number of piperidine rings is 1. The summed E-state index contributed by atoms with van der Waals surface area (Å²) in [4.78, 5) is 26.0. The van der Waals surface area contributed by atoms with E-state index >= 15 is 0 Å². The molecule has 1 saturated heterocycles. The Balaban J connectivity index is 1.93. The third kappa shape index (κ3) is 4.06. The van der Waals surface area contributed by atoms with Gasteiger partial charge in [-0.15, -0.1) is 0 Å². The molecule has 0 spiro atoms. The van der Waals surface area contributed by atoms with Gasteiger partial charge in [-0.1, -0.05) is 22.0 Å². The lowest BCUT2D eigenvalue weighted by molar-refractivity contribution is -0.140. The number of benzene rings is 1. The molecule has 114 valence electrons. The standard InChI is InChI=1S/C16H20BrNO3/c1-11-5-3-6-12(2)18(11)15(19)10-21-16(20)13-7-4-8-14(17)9-13/h4,7-9,11-12H,3,5-6,10H2,1-2H3/t11-,12+. The van der Waals surface area contributed by atoms with Crippen molar-refractivity contribution in [3.05, 3.63) is 34.3 Å². The fourth-order valence-electron chi connectivity index (χ4n) is 2.81. The van der Waals surface area contributed by atoms with Gasteiger partial charge in [0.25, 0.3) is 5.91 Å². The first kappa shape index (κ1) is 16.0. The Kier molecular flexibility index (Phi) is 5.39. The molecule has 1 amide bonds. The van der Waals surface area contributed by atoms with Crippen LogP contribution in [-0.2, 0) is 9.53 Å². The van der Waals surface area contributed by atoms with Crippen LogP contribution in [0, 0.1) is 0 Å². The Morgan fingerprint density at radius 1 is 1.29 bits per heavy atom. The number of halogens is 1. The molecule has 0 unspecified atom stereocenters. The van der Waals surface area contributed by atoms with E-state index in [9.17, 15) is 9.59 Å². The van der Waals surface area contributed by atoms with Crippen LogP contribution >= 0.6 is 15.9 Å². The van der Waals surface area contributed by atoms with E-state index in [1.54, 1.807) is 18.2 Å². The number of hydrogen-bond acceptors (Lipinski definition) is 3. The van der Waals surface area contributed by atoms with E-state index in [0.29, 0.717) is 5.56 Å². The van der Waals surface area contributed by atoms with Gasteiger partial charge in [-0.3, -0.25) is 4.79 Å². The lowest BCUT2D eigenvalue weighted by Crippen LogP contribution is -2.49. The fraction of sp³-hybridized carbons (Fsp3) is 0.500. The molecule has 5 heteroatoms. The Hall–Kier alpha value is -1.36. The Morgan fingerprint density at radius 3 is 2.57 bits per heavy atom. The van der Waals surface area contributed by atoms with Gasteiger partial charge < -0.3 is 9.64 Å². The molecule has 2 rings (SSSR count). The molecule has 1 heterocycles. The zero-order valence-corrected chi connectivity index (χ0v) is 13.9. The molecule has 1 aliphatic rings. The van der Waals surface area contributed by atoms with Gasteiger partial charge >= 0.3 is 5.97 Å². The van der Waals surface area contributed by atoms with Gasteiger partial charge in [0.2, 0.25) is 0 Å². The Bertz CT molecular complexity index is 522. The Labute approximate surface area is 133 Å². The zero-order valence-electron chi connectivity index (χ0n) is 12.3. The first-order valence-electron chi connectivity index (χ1n) is 7.23. The van der Waals surface area contributed by atoms with Gasteiger partial charge in [-0.05, 0) is 51.3 Å². The molecule has 1 aromatic carbocycles. The maximum atomic E-state index is 12.3. The molecular weight excluding hydrogens is 334 g/mol. The van der Waals surface area contributed by atoms with Crippen LogP contribution in [0.1, 0.15) is 43.5 Å². The van der Waals surface area contributed by atoms with Crippen LogP contribution in [0.4, 0.5) is 0 Å². The SMILES string of the molecule is C[C@@H]1CCC[C@H](C)N1C(=O)COC(=O)c1cccc(Br)c1. The number of likely N-dealkylation sites (tertiary alicyclic amines) is 1. The Morgan fingerprint density at radius 2 is 1.95 bits per heavy atom. The van der Waals surface area contributed by atoms with Crippen molar-refractivity contribution < 1.29 is 14.3 Å². The lowest BCUT2D eigenvalue weighted by atomic mass is 9.97. The van der Waals surface area contributed by atoms with Crippen molar-refractivity contribution in [3.8, 4) is 0 Å². The first-order chi connectivity index (χ1) is 9.99. The quantitative estimate of drug-likeness (QED) is 0.782. The van der Waals surface area contributed by atoms with Crippen molar-refractivity contribution in [3.63, 3.8) is 0 Å². The van der Waals surface area contributed by atoms with Crippen molar-refractivity contribution in [1.29, 1.82) is 0 Å². The summed E-state index contributed by atoms with van der Waals surface area (Å²) < 4.78 is 5.95. The average molecular weight is 354 g/mol. The summed E-state index contributed by atoms with van der Waals surface area (Å²) in [6.45, 7) is 3.90. The molecule has 0 aliphatic carbocycles. The molecule has 21 heavy (non-hydrogen) atoms. The van der Waals surface area contributed by atoms with Crippen LogP contribution in [0.5, 0.6) is 0 Å². The highest BCUT2D eigenvalue weighted by Gasteiger charge is 2.29. The highest BCUT2D eigenvalue weighted by atomic mass is 79.9. The molecule has 1 aromatic rings. The number of rotatable bonds is 3. The van der Waals surface area contributed by atoms with Gasteiger partial charge in [-0.2, -0.15) is 0 Å². The largest absolute Gasteiger partial charge is 0.452 e. The number of carbonyl (C=O) groups excluding carboxylic acids is 2. The van der Waals surface area contributed by atoms with E-state index in [2.05, 4.69) is 15.9 Å². The molecular formula is C16H20BrNO3. The first-order valence-corrected chi connectivity index (χ1v) is 8.02. The summed E-state index contributed by atoms with van der Waals surface area (Å²) in [5, 5.41) is 0. The van der Waals surface area contributed by atoms with E-state index in [4.69, 9.17) is 4.74 Å². The second-order valence-corrected chi connectivity index (χ2v) is 6.43. The second-order valence-electron chi connectivity index (χ2n) is 5.52. The van der Waals surface area contributed by atoms with Crippen molar-refractivity contribution >= 4 is 27.8 Å². The highest BCUT2D eigenvalue weighted by Crippen LogP contribution is 2.22. The number of carbonyl (C=O) groups is 2. The normalized spacial score (nSPS) is 22.0. The fourth-order valence-corrected chi connectivity index (χ4v) is 3.21. The molecule has 0 radical (unpaired) electrons. The maximum absolute atomic E-state index is 12.3. The number of esters is 1. The number of nitrogens with zero attached hydrogens (tertiary/aromatic N) is 1. The predicted octanol–water partition coefficient (Wildman–Crippen LogP) is 3.40. The van der Waals surface area contributed by atoms with Crippen LogP contribution in [0.2, 0.25) is 0 Å². The highest BCUT2D eigenvalue weighted by molar-refractivity contribution is 9.10. The summed E-state index contributed by atoms with van der Waals surface area (Å²) in [5.74, 6) is -0.583. The lowest BCUT2D eigenvalue weighted by Gasteiger charge is -2.38. The van der Waals surface area contributed by atoms with Gasteiger partial charge in [0.1, 0.15) is 0 Å². The van der Waals surface area contributed by atoms with Gasteiger partial charge in [0.05, 0.1) is 5.56 Å². The van der Waals surface area contributed by atoms with Gasteiger partial charge in [0.15, 0.2) is 6.61 Å². The number of hydrogen-bond donors (Lipinski definition) is 0. The van der Waals surface area contributed by atoms with E-state index in [1.165, 1.54) is 0 Å². The molecule has 1 aliphatic heterocycles. The molecule has 0 aromatic heterocycles. The average Bonchev–Trinajstić information content (AvgIpc) is 2.44. The molecule has 4 nitrogen and oxygen atoms in total. The van der Waals surface area contributed by atoms with Gasteiger partial charge in [0, 0.05) is 16.6 Å². The zero-order chi connectivity index (χ0) is 15.4. The monoisotopic (exact) mass is 353 g/mol. The van der Waals surface area contributed by atoms with Gasteiger partial charge in [-0.25, -0.2) is 4.79 Å². The third-order valence-electron chi connectivity index (χ3n) is 3.87. The van der Waals surface area contributed by atoms with E-state index in [0.717, 1.165) is 23.7 Å². The molecule has 2 atom stereocenters. The summed E-state index contributed by atoms with van der Waals surface area (Å²) in [7, 11) is 0.